The van der Waals surface area contributed by atoms with Gasteiger partial charge in [-0.2, -0.15) is 0 Å². The van der Waals surface area contributed by atoms with Crippen LogP contribution >= 0.6 is 31.9 Å². The standard InChI is InChI=1S/C13H16Br2FN/c1-9-4-5-17(8-12(9)15)7-10-2-3-11(14)6-13(10)16/h2-3,6,9,12H,4-5,7-8H2,1H3. The summed E-state index contributed by atoms with van der Waals surface area (Å²) in [6.45, 7) is 5.01. The third kappa shape index (κ3) is 3.52. The minimum absolute atomic E-state index is 0.121. The molecule has 2 unspecified atom stereocenters. The molecule has 0 bridgehead atoms. The van der Waals surface area contributed by atoms with E-state index in [0.29, 0.717) is 17.3 Å². The molecule has 4 heteroatoms. The Labute approximate surface area is 119 Å². The summed E-state index contributed by atoms with van der Waals surface area (Å²) in [5.41, 5.74) is 0.780. The van der Waals surface area contributed by atoms with E-state index in [-0.39, 0.29) is 5.82 Å². The maximum absolute atomic E-state index is 13.7. The van der Waals surface area contributed by atoms with E-state index >= 15 is 0 Å². The molecule has 17 heavy (non-hydrogen) atoms. The molecule has 0 aliphatic carbocycles. The molecule has 1 aromatic rings. The highest BCUT2D eigenvalue weighted by molar-refractivity contribution is 9.10. The summed E-state index contributed by atoms with van der Waals surface area (Å²) >= 11 is 6.97. The highest BCUT2D eigenvalue weighted by atomic mass is 79.9. The molecule has 0 radical (unpaired) electrons. The average molecular weight is 365 g/mol. The maximum Gasteiger partial charge on any atom is 0.128 e. The van der Waals surface area contributed by atoms with E-state index in [1.165, 1.54) is 12.5 Å². The lowest BCUT2D eigenvalue weighted by Gasteiger charge is -2.34. The Balaban J connectivity index is 2.01. The van der Waals surface area contributed by atoms with E-state index in [2.05, 4.69) is 43.7 Å². The SMILES string of the molecule is CC1CCN(Cc2ccc(Br)cc2F)CC1Br. The lowest BCUT2D eigenvalue weighted by atomic mass is 9.98. The van der Waals surface area contributed by atoms with E-state index < -0.39 is 0 Å². The third-order valence-electron chi connectivity index (χ3n) is 3.36. The van der Waals surface area contributed by atoms with Gasteiger partial charge in [-0.3, -0.25) is 4.90 Å². The van der Waals surface area contributed by atoms with Crippen LogP contribution in [0, 0.1) is 11.7 Å². The first-order valence-corrected chi connectivity index (χ1v) is 7.57. The number of hydrogen-bond donors (Lipinski definition) is 0. The van der Waals surface area contributed by atoms with Crippen molar-refractivity contribution in [2.24, 2.45) is 5.92 Å². The molecule has 1 heterocycles. The van der Waals surface area contributed by atoms with Gasteiger partial charge in [0.1, 0.15) is 5.82 Å². The van der Waals surface area contributed by atoms with Crippen LogP contribution in [0.25, 0.3) is 0 Å². The molecule has 0 aromatic heterocycles. The first kappa shape index (κ1) is 13.5. The summed E-state index contributed by atoms with van der Waals surface area (Å²) in [7, 11) is 0. The number of likely N-dealkylation sites (tertiary alicyclic amines) is 1. The maximum atomic E-state index is 13.7. The number of nitrogens with zero attached hydrogens (tertiary/aromatic N) is 1. The monoisotopic (exact) mass is 363 g/mol. The molecule has 2 atom stereocenters. The van der Waals surface area contributed by atoms with Crippen molar-refractivity contribution in [2.45, 2.75) is 24.7 Å². The van der Waals surface area contributed by atoms with Crippen molar-refractivity contribution in [3.05, 3.63) is 34.1 Å². The summed E-state index contributed by atoms with van der Waals surface area (Å²) in [6, 6.07) is 5.30. The van der Waals surface area contributed by atoms with Gasteiger partial charge in [-0.15, -0.1) is 0 Å². The number of benzene rings is 1. The second-order valence-electron chi connectivity index (χ2n) is 4.75. The summed E-state index contributed by atoms with van der Waals surface area (Å²) in [5, 5.41) is 0. The zero-order chi connectivity index (χ0) is 12.4. The molecule has 0 amide bonds. The van der Waals surface area contributed by atoms with Crippen LogP contribution < -0.4 is 0 Å². The van der Waals surface area contributed by atoms with Crippen molar-refractivity contribution in [2.75, 3.05) is 13.1 Å². The third-order valence-corrected chi connectivity index (χ3v) is 5.05. The van der Waals surface area contributed by atoms with Gasteiger partial charge < -0.3 is 0 Å². The Morgan fingerprint density at radius 3 is 2.88 bits per heavy atom. The molecular formula is C13H16Br2FN. The van der Waals surface area contributed by atoms with Gasteiger partial charge >= 0.3 is 0 Å². The van der Waals surface area contributed by atoms with E-state index in [0.717, 1.165) is 23.1 Å². The Hall–Kier alpha value is 0.0700. The molecule has 0 spiro atoms. The average Bonchev–Trinajstić information content (AvgIpc) is 2.27. The molecule has 1 fully saturated rings. The second kappa shape index (κ2) is 5.81. The van der Waals surface area contributed by atoms with Gasteiger partial charge in [0.25, 0.3) is 0 Å². The van der Waals surface area contributed by atoms with Crippen LogP contribution in [0.2, 0.25) is 0 Å². The summed E-state index contributed by atoms with van der Waals surface area (Å²) in [5.74, 6) is 0.588. The van der Waals surface area contributed by atoms with E-state index in [4.69, 9.17) is 0 Å². The first-order chi connectivity index (χ1) is 8.06. The molecule has 1 nitrogen and oxygen atoms in total. The highest BCUT2D eigenvalue weighted by Gasteiger charge is 2.24. The lowest BCUT2D eigenvalue weighted by Crippen LogP contribution is -2.39. The fourth-order valence-corrected chi connectivity index (χ4v) is 3.13. The number of piperidine rings is 1. The van der Waals surface area contributed by atoms with Crippen molar-refractivity contribution < 1.29 is 4.39 Å². The quantitative estimate of drug-likeness (QED) is 0.711. The summed E-state index contributed by atoms with van der Waals surface area (Å²) in [6.07, 6.45) is 1.17. The highest BCUT2D eigenvalue weighted by Crippen LogP contribution is 2.25. The van der Waals surface area contributed by atoms with Gasteiger partial charge in [0.2, 0.25) is 0 Å². The zero-order valence-electron chi connectivity index (χ0n) is 9.80. The Kier molecular flexibility index (Phi) is 4.61. The molecule has 1 aromatic carbocycles. The molecule has 0 N–H and O–H groups in total. The van der Waals surface area contributed by atoms with Crippen LogP contribution in [-0.4, -0.2) is 22.8 Å². The van der Waals surface area contributed by atoms with Crippen LogP contribution in [0.4, 0.5) is 4.39 Å². The van der Waals surface area contributed by atoms with E-state index in [1.54, 1.807) is 0 Å². The van der Waals surface area contributed by atoms with Gasteiger partial charge in [-0.05, 0) is 31.0 Å². The minimum Gasteiger partial charge on any atom is -0.298 e. The molecule has 2 rings (SSSR count). The molecule has 1 saturated heterocycles. The largest absolute Gasteiger partial charge is 0.298 e. The van der Waals surface area contributed by atoms with Crippen LogP contribution in [0.5, 0.6) is 0 Å². The predicted octanol–water partition coefficient (Wildman–Crippen LogP) is 4.19. The Morgan fingerprint density at radius 1 is 1.47 bits per heavy atom. The summed E-state index contributed by atoms with van der Waals surface area (Å²) in [4.78, 5) is 2.83. The Morgan fingerprint density at radius 2 is 2.24 bits per heavy atom. The van der Waals surface area contributed by atoms with Gasteiger partial charge in [-0.25, -0.2) is 4.39 Å². The van der Waals surface area contributed by atoms with Gasteiger partial charge in [0.15, 0.2) is 0 Å². The van der Waals surface area contributed by atoms with Crippen molar-refractivity contribution in [3.8, 4) is 0 Å². The topological polar surface area (TPSA) is 3.24 Å². The lowest BCUT2D eigenvalue weighted by molar-refractivity contribution is 0.192. The molecule has 0 saturated carbocycles. The minimum atomic E-state index is -0.121. The molecule has 1 aliphatic heterocycles. The molecule has 1 aliphatic rings. The van der Waals surface area contributed by atoms with Gasteiger partial charge in [0.05, 0.1) is 0 Å². The number of halogens is 3. The first-order valence-electron chi connectivity index (χ1n) is 5.86. The summed E-state index contributed by atoms with van der Waals surface area (Å²) < 4.78 is 14.5. The van der Waals surface area contributed by atoms with Crippen LogP contribution in [0.1, 0.15) is 18.9 Å². The predicted molar refractivity (Wildman–Crippen MR) is 75.9 cm³/mol. The van der Waals surface area contributed by atoms with Crippen LogP contribution in [-0.2, 0) is 6.54 Å². The van der Waals surface area contributed by atoms with Crippen molar-refractivity contribution in [1.82, 2.24) is 4.90 Å². The Bertz CT molecular complexity index is 397. The fourth-order valence-electron chi connectivity index (χ4n) is 2.12. The van der Waals surface area contributed by atoms with E-state index in [1.807, 2.05) is 12.1 Å². The number of hydrogen-bond acceptors (Lipinski definition) is 1. The van der Waals surface area contributed by atoms with Crippen LogP contribution in [0.3, 0.4) is 0 Å². The smallest absolute Gasteiger partial charge is 0.128 e. The number of rotatable bonds is 2. The molecule has 94 valence electrons. The van der Waals surface area contributed by atoms with Gasteiger partial charge in [0, 0.05) is 28.0 Å². The normalized spacial score (nSPS) is 26.1. The van der Waals surface area contributed by atoms with Crippen molar-refractivity contribution in [1.29, 1.82) is 0 Å². The number of alkyl halides is 1. The zero-order valence-corrected chi connectivity index (χ0v) is 13.0. The molecular weight excluding hydrogens is 349 g/mol. The van der Waals surface area contributed by atoms with Crippen molar-refractivity contribution >= 4 is 31.9 Å². The van der Waals surface area contributed by atoms with E-state index in [9.17, 15) is 4.39 Å². The van der Waals surface area contributed by atoms with Crippen molar-refractivity contribution in [3.63, 3.8) is 0 Å². The second-order valence-corrected chi connectivity index (χ2v) is 6.84. The van der Waals surface area contributed by atoms with Gasteiger partial charge in [-0.1, -0.05) is 44.8 Å². The van der Waals surface area contributed by atoms with Crippen LogP contribution in [0.15, 0.2) is 22.7 Å². The fraction of sp³-hybridized carbons (Fsp3) is 0.538.